The molecule has 0 saturated heterocycles. The van der Waals surface area contributed by atoms with Crippen LogP contribution in [-0.2, 0) is 6.42 Å². The van der Waals surface area contributed by atoms with E-state index in [1.54, 1.807) is 7.11 Å². The zero-order valence-corrected chi connectivity index (χ0v) is 12.4. The van der Waals surface area contributed by atoms with Crippen molar-refractivity contribution in [1.82, 2.24) is 0 Å². The molecule has 1 atom stereocenters. The molecule has 2 N–H and O–H groups in total. The largest absolute Gasteiger partial charge is 0.495 e. The Morgan fingerprint density at radius 2 is 1.94 bits per heavy atom. The highest BCUT2D eigenvalue weighted by atomic mass is 35.5. The van der Waals surface area contributed by atoms with Gasteiger partial charge in [-0.3, -0.25) is 0 Å². The Hall–Kier alpha value is -0.440. The van der Waals surface area contributed by atoms with Gasteiger partial charge in [-0.2, -0.15) is 0 Å². The first-order valence-corrected chi connectivity index (χ1v) is 5.97. The number of nitrogens with two attached hydrogens (primary N) is 1. The molecular formula is C13H21Cl2NO. The van der Waals surface area contributed by atoms with Crippen molar-refractivity contribution in [1.29, 1.82) is 0 Å². The lowest BCUT2D eigenvalue weighted by molar-refractivity contribution is 0.411. The Balaban J connectivity index is 0.00000256. The van der Waals surface area contributed by atoms with Gasteiger partial charge < -0.3 is 10.5 Å². The van der Waals surface area contributed by atoms with Crippen LogP contribution < -0.4 is 10.5 Å². The average molecular weight is 278 g/mol. The summed E-state index contributed by atoms with van der Waals surface area (Å²) in [6, 6.07) is 2.17. The van der Waals surface area contributed by atoms with Crippen LogP contribution in [0, 0.1) is 13.8 Å². The summed E-state index contributed by atoms with van der Waals surface area (Å²) in [6.07, 6.45) is 1.84. The van der Waals surface area contributed by atoms with Gasteiger partial charge in [0, 0.05) is 6.04 Å². The van der Waals surface area contributed by atoms with Crippen LogP contribution in [0.1, 0.15) is 30.0 Å². The van der Waals surface area contributed by atoms with E-state index in [1.165, 1.54) is 11.1 Å². The molecule has 0 amide bonds. The minimum atomic E-state index is 0. The van der Waals surface area contributed by atoms with Gasteiger partial charge in [0.2, 0.25) is 0 Å². The lowest BCUT2D eigenvalue weighted by Crippen LogP contribution is -2.22. The second kappa shape index (κ2) is 7.10. The fourth-order valence-electron chi connectivity index (χ4n) is 1.81. The Morgan fingerprint density at radius 1 is 1.35 bits per heavy atom. The molecule has 17 heavy (non-hydrogen) atoms. The van der Waals surface area contributed by atoms with E-state index in [9.17, 15) is 0 Å². The molecular weight excluding hydrogens is 257 g/mol. The lowest BCUT2D eigenvalue weighted by atomic mass is 9.96. The Labute approximate surface area is 115 Å². The van der Waals surface area contributed by atoms with Crippen LogP contribution >= 0.6 is 24.0 Å². The fourth-order valence-corrected chi connectivity index (χ4v) is 2.16. The number of halogens is 2. The molecule has 0 aromatic heterocycles. The van der Waals surface area contributed by atoms with Crippen LogP contribution in [-0.4, -0.2) is 13.2 Å². The van der Waals surface area contributed by atoms with Gasteiger partial charge >= 0.3 is 0 Å². The topological polar surface area (TPSA) is 35.2 Å². The van der Waals surface area contributed by atoms with Crippen LogP contribution in [0.2, 0.25) is 5.02 Å². The third-order valence-electron chi connectivity index (χ3n) is 3.11. The highest BCUT2D eigenvalue weighted by Crippen LogP contribution is 2.33. The summed E-state index contributed by atoms with van der Waals surface area (Å²) in [4.78, 5) is 0. The molecule has 2 nitrogen and oxygen atoms in total. The third-order valence-corrected chi connectivity index (χ3v) is 3.39. The van der Waals surface area contributed by atoms with E-state index < -0.39 is 0 Å². The number of hydrogen-bond acceptors (Lipinski definition) is 2. The van der Waals surface area contributed by atoms with Crippen molar-refractivity contribution >= 4 is 24.0 Å². The van der Waals surface area contributed by atoms with Crippen molar-refractivity contribution in [2.75, 3.05) is 7.11 Å². The van der Waals surface area contributed by atoms with Crippen molar-refractivity contribution in [3.63, 3.8) is 0 Å². The summed E-state index contributed by atoms with van der Waals surface area (Å²) >= 11 is 6.17. The molecule has 1 rings (SSSR count). The van der Waals surface area contributed by atoms with Crippen molar-refractivity contribution < 1.29 is 4.74 Å². The van der Waals surface area contributed by atoms with Gasteiger partial charge in [-0.05, 0) is 49.4 Å². The van der Waals surface area contributed by atoms with Gasteiger partial charge in [0.25, 0.3) is 0 Å². The first-order valence-electron chi connectivity index (χ1n) is 5.59. The average Bonchev–Trinajstić information content (AvgIpc) is 2.26. The highest BCUT2D eigenvalue weighted by Gasteiger charge is 2.13. The Morgan fingerprint density at radius 3 is 2.41 bits per heavy atom. The second-order valence-electron chi connectivity index (χ2n) is 4.17. The molecule has 0 radical (unpaired) electrons. The Bertz CT molecular complexity index is 380. The molecule has 0 heterocycles. The maximum Gasteiger partial charge on any atom is 0.140 e. The first kappa shape index (κ1) is 16.6. The van der Waals surface area contributed by atoms with Crippen LogP contribution in [0.3, 0.4) is 0 Å². The SMILES string of the molecule is CCC(N)Cc1cc(Cl)c(OC)c(C)c1C.Cl. The van der Waals surface area contributed by atoms with Gasteiger partial charge in [-0.1, -0.05) is 18.5 Å². The van der Waals surface area contributed by atoms with E-state index >= 15 is 0 Å². The highest BCUT2D eigenvalue weighted by molar-refractivity contribution is 6.32. The van der Waals surface area contributed by atoms with E-state index in [-0.39, 0.29) is 18.4 Å². The van der Waals surface area contributed by atoms with Crippen LogP contribution in [0.5, 0.6) is 5.75 Å². The number of hydrogen-bond donors (Lipinski definition) is 1. The summed E-state index contributed by atoms with van der Waals surface area (Å²) in [5, 5.41) is 0.670. The normalized spacial score (nSPS) is 11.9. The summed E-state index contributed by atoms with van der Waals surface area (Å²) in [7, 11) is 1.64. The van der Waals surface area contributed by atoms with Crippen molar-refractivity contribution in [3.05, 3.63) is 27.8 Å². The zero-order chi connectivity index (χ0) is 12.3. The van der Waals surface area contributed by atoms with E-state index in [4.69, 9.17) is 22.1 Å². The summed E-state index contributed by atoms with van der Waals surface area (Å²) < 4.78 is 5.28. The van der Waals surface area contributed by atoms with E-state index in [2.05, 4.69) is 13.8 Å². The molecule has 0 bridgehead atoms. The number of benzene rings is 1. The molecule has 0 saturated carbocycles. The predicted octanol–water partition coefficient (Wildman–Crippen LogP) is 3.67. The molecule has 0 aliphatic heterocycles. The van der Waals surface area contributed by atoms with Crippen molar-refractivity contribution in [2.24, 2.45) is 5.73 Å². The van der Waals surface area contributed by atoms with E-state index in [1.807, 2.05) is 13.0 Å². The van der Waals surface area contributed by atoms with Gasteiger partial charge in [-0.25, -0.2) is 0 Å². The number of rotatable bonds is 4. The van der Waals surface area contributed by atoms with Crippen LogP contribution in [0.25, 0.3) is 0 Å². The summed E-state index contributed by atoms with van der Waals surface area (Å²) in [5.41, 5.74) is 9.52. The Kier molecular flexibility index (Phi) is 6.91. The summed E-state index contributed by atoms with van der Waals surface area (Å²) in [6.45, 7) is 6.21. The molecule has 0 aliphatic rings. The van der Waals surface area contributed by atoms with Gasteiger partial charge in [0.1, 0.15) is 5.75 Å². The summed E-state index contributed by atoms with van der Waals surface area (Å²) in [5.74, 6) is 0.771. The zero-order valence-electron chi connectivity index (χ0n) is 10.8. The molecule has 0 spiro atoms. The first-order chi connectivity index (χ1) is 7.51. The van der Waals surface area contributed by atoms with Crippen molar-refractivity contribution in [2.45, 2.75) is 39.7 Å². The standard InChI is InChI=1S/C13H20ClNO.ClH/c1-5-11(15)6-10-7-12(14)13(16-4)9(3)8(10)2;/h7,11H,5-6,15H2,1-4H3;1H. The van der Waals surface area contributed by atoms with Gasteiger partial charge in [0.05, 0.1) is 12.1 Å². The molecule has 0 aliphatic carbocycles. The van der Waals surface area contributed by atoms with Gasteiger partial charge in [0.15, 0.2) is 0 Å². The third kappa shape index (κ3) is 3.77. The van der Waals surface area contributed by atoms with E-state index in [0.29, 0.717) is 5.02 Å². The van der Waals surface area contributed by atoms with Gasteiger partial charge in [-0.15, -0.1) is 12.4 Å². The number of methoxy groups -OCH3 is 1. The minimum Gasteiger partial charge on any atom is -0.495 e. The smallest absolute Gasteiger partial charge is 0.140 e. The molecule has 1 aromatic carbocycles. The molecule has 0 fully saturated rings. The predicted molar refractivity (Wildman–Crippen MR) is 76.7 cm³/mol. The number of ether oxygens (including phenoxy) is 1. The molecule has 1 unspecified atom stereocenters. The molecule has 98 valence electrons. The second-order valence-corrected chi connectivity index (χ2v) is 4.58. The molecule has 1 aromatic rings. The minimum absolute atomic E-state index is 0. The maximum absolute atomic E-state index is 6.17. The quantitative estimate of drug-likeness (QED) is 0.912. The van der Waals surface area contributed by atoms with Crippen LogP contribution in [0.4, 0.5) is 0 Å². The fraction of sp³-hybridized carbons (Fsp3) is 0.538. The maximum atomic E-state index is 6.17. The van der Waals surface area contributed by atoms with Crippen molar-refractivity contribution in [3.8, 4) is 5.75 Å². The monoisotopic (exact) mass is 277 g/mol. The van der Waals surface area contributed by atoms with Crippen LogP contribution in [0.15, 0.2) is 6.07 Å². The molecule has 4 heteroatoms. The lowest BCUT2D eigenvalue weighted by Gasteiger charge is -2.16. The van der Waals surface area contributed by atoms with E-state index in [0.717, 1.165) is 24.2 Å².